The summed E-state index contributed by atoms with van der Waals surface area (Å²) in [6, 6.07) is 17.0. The maximum Gasteiger partial charge on any atom is 0.266 e. The van der Waals surface area contributed by atoms with Crippen LogP contribution in [0, 0.1) is 6.92 Å². The van der Waals surface area contributed by atoms with Crippen LogP contribution in [0.15, 0.2) is 70.2 Å². The molecule has 4 rings (SSSR count). The van der Waals surface area contributed by atoms with Gasteiger partial charge in [-0.3, -0.25) is 9.69 Å². The van der Waals surface area contributed by atoms with Crippen LogP contribution in [0.4, 0.5) is 0 Å². The predicted molar refractivity (Wildman–Crippen MR) is 133 cm³/mol. The van der Waals surface area contributed by atoms with Crippen molar-refractivity contribution in [3.8, 4) is 17.2 Å². The lowest BCUT2D eigenvalue weighted by Crippen LogP contribution is -2.27. The number of thiocarbonyl (C=S) groups is 1. The molecule has 2 aromatic carbocycles. The van der Waals surface area contributed by atoms with Gasteiger partial charge in [-0.25, -0.2) is 0 Å². The highest BCUT2D eigenvalue weighted by Crippen LogP contribution is 2.35. The van der Waals surface area contributed by atoms with Crippen LogP contribution in [0.2, 0.25) is 0 Å². The monoisotopic (exact) mass is 481 g/mol. The number of amides is 1. The molecular weight excluding hydrogens is 458 g/mol. The summed E-state index contributed by atoms with van der Waals surface area (Å²) in [5.74, 6) is 2.56. The number of carbonyl (C=O) groups excluding carboxylic acids is 1. The number of rotatable bonds is 9. The van der Waals surface area contributed by atoms with E-state index in [2.05, 4.69) is 0 Å². The van der Waals surface area contributed by atoms with Crippen LogP contribution < -0.4 is 14.2 Å². The molecule has 0 aliphatic carbocycles. The molecule has 1 aliphatic rings. The Labute approximate surface area is 202 Å². The Balaban J connectivity index is 1.39. The van der Waals surface area contributed by atoms with Crippen molar-refractivity contribution in [2.45, 2.75) is 13.5 Å². The number of ether oxygens (including phenoxy) is 3. The van der Waals surface area contributed by atoms with Crippen LogP contribution in [0.25, 0.3) is 6.08 Å². The Morgan fingerprint density at radius 2 is 1.82 bits per heavy atom. The van der Waals surface area contributed by atoms with Gasteiger partial charge in [0.15, 0.2) is 11.5 Å². The number of thioether (sulfide) groups is 1. The molecule has 0 unspecified atom stereocenters. The van der Waals surface area contributed by atoms with Gasteiger partial charge in [0.1, 0.15) is 29.0 Å². The third kappa shape index (κ3) is 5.58. The molecule has 1 aromatic heterocycles. The highest BCUT2D eigenvalue weighted by molar-refractivity contribution is 8.26. The zero-order chi connectivity index (χ0) is 23.2. The fourth-order valence-corrected chi connectivity index (χ4v) is 4.52. The summed E-state index contributed by atoms with van der Waals surface area (Å²) in [5, 5.41) is 0. The largest absolute Gasteiger partial charge is 0.493 e. The molecule has 2 heterocycles. The van der Waals surface area contributed by atoms with Gasteiger partial charge in [-0.15, -0.1) is 0 Å². The topological polar surface area (TPSA) is 61.1 Å². The first kappa shape index (κ1) is 22.9. The minimum Gasteiger partial charge on any atom is -0.493 e. The van der Waals surface area contributed by atoms with E-state index in [9.17, 15) is 4.79 Å². The Hall–Kier alpha value is -3.23. The van der Waals surface area contributed by atoms with Gasteiger partial charge in [-0.05, 0) is 54.5 Å². The summed E-state index contributed by atoms with van der Waals surface area (Å²) in [5.41, 5.74) is 1.89. The molecule has 0 atom stereocenters. The molecule has 1 fully saturated rings. The summed E-state index contributed by atoms with van der Waals surface area (Å²) in [7, 11) is 1.58. The van der Waals surface area contributed by atoms with E-state index in [1.807, 2.05) is 55.5 Å². The van der Waals surface area contributed by atoms with Crippen molar-refractivity contribution in [1.82, 2.24) is 4.90 Å². The van der Waals surface area contributed by atoms with E-state index < -0.39 is 0 Å². The number of hydrogen-bond donors (Lipinski definition) is 0. The average Bonchev–Trinajstić information content (AvgIpc) is 3.42. The van der Waals surface area contributed by atoms with Crippen molar-refractivity contribution < 1.29 is 23.4 Å². The van der Waals surface area contributed by atoms with E-state index in [1.54, 1.807) is 25.5 Å². The van der Waals surface area contributed by atoms with Gasteiger partial charge >= 0.3 is 0 Å². The van der Waals surface area contributed by atoms with Crippen LogP contribution in [0.1, 0.15) is 16.9 Å². The van der Waals surface area contributed by atoms with Gasteiger partial charge in [-0.1, -0.05) is 48.2 Å². The molecule has 33 heavy (non-hydrogen) atoms. The van der Waals surface area contributed by atoms with Gasteiger partial charge in [0.05, 0.1) is 24.8 Å². The standard InChI is InChI=1S/C25H23NO5S2/c1-17-6-3-4-8-20(17)30-12-13-31-21-10-9-18(14-22(21)28-2)15-23-24(27)26(25(32)33-23)16-19-7-5-11-29-19/h3-11,14-15H,12-13,16H2,1-2H3/b23-15-. The molecule has 3 aromatic rings. The summed E-state index contributed by atoms with van der Waals surface area (Å²) in [6.45, 7) is 3.10. The van der Waals surface area contributed by atoms with Crippen molar-refractivity contribution in [3.05, 3.63) is 82.7 Å². The predicted octanol–water partition coefficient (Wildman–Crippen LogP) is 5.46. The SMILES string of the molecule is COc1cc(/C=C2\SC(=S)N(Cc3ccco3)C2=O)ccc1OCCOc1ccccc1C. The molecule has 1 saturated heterocycles. The fourth-order valence-electron chi connectivity index (χ4n) is 3.26. The first-order valence-electron chi connectivity index (χ1n) is 10.3. The molecule has 1 aliphatic heterocycles. The second-order valence-electron chi connectivity index (χ2n) is 7.22. The summed E-state index contributed by atoms with van der Waals surface area (Å²) in [4.78, 5) is 14.9. The number of nitrogens with zero attached hydrogens (tertiary/aromatic N) is 1. The Morgan fingerprint density at radius 3 is 2.55 bits per heavy atom. The van der Waals surface area contributed by atoms with Crippen LogP contribution in [-0.4, -0.2) is 35.5 Å². The van der Waals surface area contributed by atoms with Gasteiger partial charge in [0, 0.05) is 0 Å². The maximum absolute atomic E-state index is 12.8. The summed E-state index contributed by atoms with van der Waals surface area (Å²) in [6.07, 6.45) is 3.38. The van der Waals surface area contributed by atoms with Crippen LogP contribution in [0.5, 0.6) is 17.2 Å². The molecule has 0 bridgehead atoms. The Kier molecular flexibility index (Phi) is 7.36. The summed E-state index contributed by atoms with van der Waals surface area (Å²) >= 11 is 6.66. The minimum atomic E-state index is -0.144. The third-order valence-electron chi connectivity index (χ3n) is 4.95. The highest BCUT2D eigenvalue weighted by Gasteiger charge is 2.32. The molecule has 170 valence electrons. The van der Waals surface area contributed by atoms with Crippen LogP contribution in [-0.2, 0) is 11.3 Å². The van der Waals surface area contributed by atoms with Crippen LogP contribution in [0.3, 0.4) is 0 Å². The first-order valence-corrected chi connectivity index (χ1v) is 11.5. The normalized spacial score (nSPS) is 14.7. The van der Waals surface area contributed by atoms with E-state index in [4.69, 9.17) is 30.8 Å². The molecule has 8 heteroatoms. The quantitative estimate of drug-likeness (QED) is 0.229. The number of furan rings is 1. The minimum absolute atomic E-state index is 0.144. The van der Waals surface area contributed by atoms with E-state index >= 15 is 0 Å². The number of para-hydroxylation sites is 1. The molecule has 6 nitrogen and oxygen atoms in total. The fraction of sp³-hybridized carbons (Fsp3) is 0.200. The average molecular weight is 482 g/mol. The zero-order valence-electron chi connectivity index (χ0n) is 18.3. The number of carbonyl (C=O) groups is 1. The van der Waals surface area contributed by atoms with E-state index in [-0.39, 0.29) is 5.91 Å². The second-order valence-corrected chi connectivity index (χ2v) is 8.90. The van der Waals surface area contributed by atoms with Crippen molar-refractivity contribution in [2.24, 2.45) is 0 Å². The number of benzene rings is 2. The molecule has 1 amide bonds. The van der Waals surface area contributed by atoms with Crippen molar-refractivity contribution >= 4 is 40.3 Å². The van der Waals surface area contributed by atoms with E-state index in [1.165, 1.54) is 16.7 Å². The molecule has 0 radical (unpaired) electrons. The van der Waals surface area contributed by atoms with Gasteiger partial charge in [-0.2, -0.15) is 0 Å². The molecule has 0 saturated carbocycles. The lowest BCUT2D eigenvalue weighted by Gasteiger charge is -2.13. The van der Waals surface area contributed by atoms with E-state index in [0.29, 0.717) is 46.2 Å². The van der Waals surface area contributed by atoms with Crippen molar-refractivity contribution in [3.63, 3.8) is 0 Å². The lowest BCUT2D eigenvalue weighted by atomic mass is 10.2. The highest BCUT2D eigenvalue weighted by atomic mass is 32.2. The summed E-state index contributed by atoms with van der Waals surface area (Å²) < 4.78 is 23.0. The smallest absolute Gasteiger partial charge is 0.266 e. The van der Waals surface area contributed by atoms with Crippen LogP contribution >= 0.6 is 24.0 Å². The maximum atomic E-state index is 12.8. The van der Waals surface area contributed by atoms with Gasteiger partial charge in [0.2, 0.25) is 0 Å². The van der Waals surface area contributed by atoms with Gasteiger partial charge < -0.3 is 18.6 Å². The second kappa shape index (κ2) is 10.6. The molecule has 0 N–H and O–H groups in total. The number of hydrogen-bond acceptors (Lipinski definition) is 7. The molecule has 0 spiro atoms. The molecular formula is C25H23NO5S2. The lowest BCUT2D eigenvalue weighted by molar-refractivity contribution is -0.122. The van der Waals surface area contributed by atoms with Crippen molar-refractivity contribution in [2.75, 3.05) is 20.3 Å². The van der Waals surface area contributed by atoms with E-state index in [0.717, 1.165) is 16.9 Å². The van der Waals surface area contributed by atoms with Gasteiger partial charge in [0.25, 0.3) is 5.91 Å². The first-order chi connectivity index (χ1) is 16.0. The third-order valence-corrected chi connectivity index (χ3v) is 6.32. The Bertz CT molecular complexity index is 1170. The Morgan fingerprint density at radius 1 is 1.03 bits per heavy atom. The number of aryl methyl sites for hydroxylation is 1. The zero-order valence-corrected chi connectivity index (χ0v) is 19.9. The van der Waals surface area contributed by atoms with Crippen molar-refractivity contribution in [1.29, 1.82) is 0 Å². The number of methoxy groups -OCH3 is 1.